The molecule has 8 aromatic rings. The molecule has 0 unspecified atom stereocenters. The number of hydrogen-bond acceptors (Lipinski definition) is 4. The molecule has 0 bridgehead atoms. The predicted octanol–water partition coefficient (Wildman–Crippen LogP) is 12.7. The van der Waals surface area contributed by atoms with Gasteiger partial charge in [0.05, 0.1) is 5.58 Å². The Kier molecular flexibility index (Phi) is 8.66. The fourth-order valence-electron chi connectivity index (χ4n) is 6.06. The van der Waals surface area contributed by atoms with E-state index in [1.807, 2.05) is 126 Å². The van der Waals surface area contributed by atoms with E-state index < -0.39 is 30.4 Å². The van der Waals surface area contributed by atoms with Crippen molar-refractivity contribution in [3.63, 3.8) is 0 Å². The standard InChI is InChI=1S/C26H23N2O.C22H22N.Ir/c1-16-8-13-22(27-15-16)21-7-5-6-19-20-12-10-17-9-11-18(14-26(2,3)4)28-23(17)25(20)29-24(19)21;1-22(2,3)16-17-9-11-18(12-10-17)20-13-14-23-21(15-20)19-7-5-4-6-8-19;/h5-6,8-13,15H,14H2,1-4H3;4-7,9-15H,16H2,1-3H3;/q2*-1;/i1D3,14D2;16D2;. The van der Waals surface area contributed by atoms with Gasteiger partial charge in [-0.25, -0.2) is 4.98 Å². The van der Waals surface area contributed by atoms with Gasteiger partial charge in [0.2, 0.25) is 0 Å². The summed E-state index contributed by atoms with van der Waals surface area (Å²) in [5.41, 5.74) is 7.01. The van der Waals surface area contributed by atoms with Gasteiger partial charge in [-0.1, -0.05) is 113 Å². The summed E-state index contributed by atoms with van der Waals surface area (Å²) in [6.45, 7) is 9.11. The second-order valence-electron chi connectivity index (χ2n) is 14.9. The summed E-state index contributed by atoms with van der Waals surface area (Å²) >= 11 is 0. The second kappa shape index (κ2) is 15.6. The molecule has 0 aliphatic rings. The first-order chi connectivity index (χ1) is 27.7. The molecule has 4 aromatic carbocycles. The number of aryl methyl sites for hydroxylation is 1. The molecule has 5 heteroatoms. The topological polar surface area (TPSA) is 51.8 Å². The van der Waals surface area contributed by atoms with Crippen molar-refractivity contribution in [1.29, 1.82) is 0 Å². The van der Waals surface area contributed by atoms with Gasteiger partial charge in [0, 0.05) is 58.6 Å². The van der Waals surface area contributed by atoms with Crippen LogP contribution in [0.2, 0.25) is 0 Å². The Labute approximate surface area is 336 Å². The zero-order valence-electron chi connectivity index (χ0n) is 37.6. The number of furan rings is 1. The molecular weight excluding hydrogens is 827 g/mol. The molecule has 0 fully saturated rings. The summed E-state index contributed by atoms with van der Waals surface area (Å²) in [7, 11) is 0. The molecule has 0 amide bonds. The number of rotatable bonds is 5. The van der Waals surface area contributed by atoms with E-state index in [0.717, 1.165) is 38.5 Å². The maximum atomic E-state index is 8.64. The normalized spacial score (nSPS) is 14.4. The first-order valence-corrected chi connectivity index (χ1v) is 17.3. The van der Waals surface area contributed by atoms with Crippen LogP contribution in [-0.4, -0.2) is 15.0 Å². The third kappa shape index (κ3) is 8.99. The van der Waals surface area contributed by atoms with Crippen molar-refractivity contribution in [3.8, 4) is 33.6 Å². The van der Waals surface area contributed by atoms with Gasteiger partial charge < -0.3 is 14.4 Å². The van der Waals surface area contributed by atoms with Crippen LogP contribution in [0.25, 0.3) is 66.5 Å². The average molecular weight is 879 g/mol. The maximum Gasteiger partial charge on any atom is 0.147 e. The van der Waals surface area contributed by atoms with Crippen LogP contribution >= 0.6 is 0 Å². The van der Waals surface area contributed by atoms with E-state index in [4.69, 9.17) is 19.0 Å². The van der Waals surface area contributed by atoms with Crippen LogP contribution in [0.1, 0.15) is 68.0 Å². The van der Waals surface area contributed by atoms with Gasteiger partial charge >= 0.3 is 0 Å². The molecule has 4 nitrogen and oxygen atoms in total. The van der Waals surface area contributed by atoms with Gasteiger partial charge in [0.15, 0.2) is 0 Å². The number of aromatic nitrogens is 3. The zero-order chi connectivity index (χ0) is 42.5. The van der Waals surface area contributed by atoms with Crippen molar-refractivity contribution in [1.82, 2.24) is 15.0 Å². The molecule has 0 spiro atoms. The Morgan fingerprint density at radius 2 is 1.47 bits per heavy atom. The van der Waals surface area contributed by atoms with E-state index >= 15 is 0 Å². The van der Waals surface area contributed by atoms with Gasteiger partial charge in [-0.3, -0.25) is 0 Å². The third-order valence-corrected chi connectivity index (χ3v) is 8.26. The Balaban J connectivity index is 0.000000207. The van der Waals surface area contributed by atoms with Gasteiger partial charge in [-0.2, -0.15) is 0 Å². The van der Waals surface area contributed by atoms with Crippen LogP contribution < -0.4 is 0 Å². The van der Waals surface area contributed by atoms with E-state index in [-0.39, 0.29) is 25.7 Å². The van der Waals surface area contributed by atoms with Crippen LogP contribution in [0.15, 0.2) is 126 Å². The number of hydrogen-bond donors (Lipinski definition) is 0. The molecule has 0 aliphatic carbocycles. The predicted molar refractivity (Wildman–Crippen MR) is 216 cm³/mol. The summed E-state index contributed by atoms with van der Waals surface area (Å²) in [4.78, 5) is 13.5. The van der Waals surface area contributed by atoms with Crippen LogP contribution in [0.4, 0.5) is 0 Å². The number of pyridine rings is 3. The summed E-state index contributed by atoms with van der Waals surface area (Å²) in [5, 5.41) is 2.57. The largest absolute Gasteiger partial charge is 0.498 e. The number of benzene rings is 4. The molecule has 4 heterocycles. The Morgan fingerprint density at radius 1 is 0.698 bits per heavy atom. The molecule has 269 valence electrons. The Morgan fingerprint density at radius 3 is 2.17 bits per heavy atom. The minimum atomic E-state index is -2.22. The summed E-state index contributed by atoms with van der Waals surface area (Å²) in [6, 6.07) is 40.3. The van der Waals surface area contributed by atoms with E-state index in [2.05, 4.69) is 22.1 Å². The fourth-order valence-corrected chi connectivity index (χ4v) is 6.06. The SMILES string of the molecule is [2H]C([2H])([2H])c1ccc(-c2[c-]ccc3c2oc2c3ccc3ccc(C([2H])([2H])C(C)(C)C)nc32)nc1.[2H]C([2H])(c1ccc(-c2ccnc(-c3[c-]cccc3)c2)cc1)C(C)(C)C.[Ir]. The van der Waals surface area contributed by atoms with E-state index in [1.54, 1.807) is 30.5 Å². The van der Waals surface area contributed by atoms with E-state index in [9.17, 15) is 0 Å². The molecule has 0 aliphatic heterocycles. The Bertz CT molecular complexity index is 2770. The van der Waals surface area contributed by atoms with E-state index in [0.29, 0.717) is 39.2 Å². The second-order valence-corrected chi connectivity index (χ2v) is 14.9. The minimum absolute atomic E-state index is 0. The quantitative estimate of drug-likeness (QED) is 0.162. The zero-order valence-corrected chi connectivity index (χ0v) is 33.0. The van der Waals surface area contributed by atoms with Crippen molar-refractivity contribution in [2.24, 2.45) is 10.8 Å². The summed E-state index contributed by atoms with van der Waals surface area (Å²) in [6.07, 6.45) is 0.139. The van der Waals surface area contributed by atoms with Crippen molar-refractivity contribution in [2.45, 2.75) is 61.1 Å². The van der Waals surface area contributed by atoms with Crippen LogP contribution in [0.5, 0.6) is 0 Å². The molecule has 53 heavy (non-hydrogen) atoms. The van der Waals surface area contributed by atoms with Crippen molar-refractivity contribution < 1.29 is 34.1 Å². The average Bonchev–Trinajstić information content (AvgIpc) is 3.60. The van der Waals surface area contributed by atoms with Crippen LogP contribution in [-0.2, 0) is 32.9 Å². The van der Waals surface area contributed by atoms with Crippen LogP contribution in [0, 0.1) is 29.8 Å². The number of nitrogens with zero attached hydrogens (tertiary/aromatic N) is 3. The van der Waals surface area contributed by atoms with Gasteiger partial charge in [0.25, 0.3) is 0 Å². The summed E-state index contributed by atoms with van der Waals surface area (Å²) < 4.78 is 63.1. The van der Waals surface area contributed by atoms with Gasteiger partial charge in [0.1, 0.15) is 11.1 Å². The molecule has 0 atom stereocenters. The van der Waals surface area contributed by atoms with Crippen molar-refractivity contribution >= 4 is 32.8 Å². The fraction of sp³-hybridized carbons (Fsp3) is 0.229. The molecule has 0 saturated carbocycles. The van der Waals surface area contributed by atoms with Crippen molar-refractivity contribution in [3.05, 3.63) is 151 Å². The number of fused-ring (bicyclic) bond motifs is 5. The Hall–Kier alpha value is -4.96. The molecule has 0 N–H and O–H groups in total. The van der Waals surface area contributed by atoms with Crippen LogP contribution in [0.3, 0.4) is 0 Å². The molecule has 4 aromatic heterocycles. The monoisotopic (exact) mass is 879 g/mol. The first kappa shape index (κ1) is 29.5. The van der Waals surface area contributed by atoms with Crippen molar-refractivity contribution in [2.75, 3.05) is 0 Å². The van der Waals surface area contributed by atoms with E-state index in [1.165, 1.54) is 6.20 Å². The first-order valence-electron chi connectivity index (χ1n) is 20.8. The smallest absolute Gasteiger partial charge is 0.147 e. The minimum Gasteiger partial charge on any atom is -0.498 e. The van der Waals surface area contributed by atoms with Gasteiger partial charge in [-0.05, 0) is 76.2 Å². The summed E-state index contributed by atoms with van der Waals surface area (Å²) in [5.74, 6) is 0. The molecule has 8 rings (SSSR count). The third-order valence-electron chi connectivity index (χ3n) is 8.26. The molecule has 0 saturated heterocycles. The molecular formula is C48H45IrN3O-2. The van der Waals surface area contributed by atoms with Gasteiger partial charge in [-0.15, -0.1) is 54.1 Å². The molecule has 1 radical (unpaired) electrons. The maximum absolute atomic E-state index is 8.64.